The topological polar surface area (TPSA) is 17.8 Å². The van der Waals surface area contributed by atoms with E-state index in [4.69, 9.17) is 0 Å². The van der Waals surface area contributed by atoms with Crippen LogP contribution >= 0.6 is 15.9 Å². The van der Waals surface area contributed by atoms with Crippen LogP contribution in [0.5, 0.6) is 0 Å². The molecule has 0 aliphatic heterocycles. The molecule has 0 fully saturated rings. The van der Waals surface area contributed by atoms with Crippen LogP contribution in [0, 0.1) is 0 Å². The maximum atomic E-state index is 12.5. The standard InChI is InChI=1S/C12H10BrF3N2/c1-18-10(8-5-3-2-4-6-8)9(17-11(18)13)7-12(14,15)16/h2-6H,7H2,1H3. The fourth-order valence-electron chi connectivity index (χ4n) is 1.79. The Bertz CT molecular complexity index is 546. The second-order valence-corrected chi connectivity index (χ2v) is 4.60. The molecule has 0 N–H and O–H groups in total. The first-order valence-corrected chi connectivity index (χ1v) is 6.01. The summed E-state index contributed by atoms with van der Waals surface area (Å²) in [6.45, 7) is 0. The third-order valence-electron chi connectivity index (χ3n) is 2.53. The molecular weight excluding hydrogens is 309 g/mol. The summed E-state index contributed by atoms with van der Waals surface area (Å²) in [7, 11) is 1.68. The van der Waals surface area contributed by atoms with Crippen molar-refractivity contribution in [2.45, 2.75) is 12.6 Å². The Hall–Kier alpha value is -1.30. The second-order valence-electron chi connectivity index (χ2n) is 3.89. The minimum Gasteiger partial charge on any atom is -0.321 e. The van der Waals surface area contributed by atoms with Crippen molar-refractivity contribution in [3.05, 3.63) is 40.8 Å². The summed E-state index contributed by atoms with van der Waals surface area (Å²) in [5.74, 6) is 0. The van der Waals surface area contributed by atoms with E-state index in [1.54, 1.807) is 35.9 Å². The van der Waals surface area contributed by atoms with E-state index in [2.05, 4.69) is 20.9 Å². The van der Waals surface area contributed by atoms with Gasteiger partial charge in [-0.1, -0.05) is 30.3 Å². The molecule has 0 atom stereocenters. The van der Waals surface area contributed by atoms with Crippen LogP contribution in [0.1, 0.15) is 5.69 Å². The molecule has 0 amide bonds. The van der Waals surface area contributed by atoms with Crippen LogP contribution < -0.4 is 0 Å². The van der Waals surface area contributed by atoms with Crippen molar-refractivity contribution < 1.29 is 13.2 Å². The lowest BCUT2D eigenvalue weighted by molar-refractivity contribution is -0.127. The third-order valence-corrected chi connectivity index (χ3v) is 3.24. The van der Waals surface area contributed by atoms with Gasteiger partial charge in [-0.2, -0.15) is 13.2 Å². The smallest absolute Gasteiger partial charge is 0.321 e. The number of imidazole rings is 1. The van der Waals surface area contributed by atoms with Gasteiger partial charge in [-0.25, -0.2) is 4.98 Å². The van der Waals surface area contributed by atoms with Crippen molar-refractivity contribution in [3.8, 4) is 11.3 Å². The minimum atomic E-state index is -4.27. The molecule has 0 saturated heterocycles. The van der Waals surface area contributed by atoms with E-state index in [1.165, 1.54) is 0 Å². The van der Waals surface area contributed by atoms with Crippen molar-refractivity contribution in [2.24, 2.45) is 7.05 Å². The molecule has 0 aliphatic carbocycles. The maximum absolute atomic E-state index is 12.5. The predicted molar refractivity (Wildman–Crippen MR) is 66.1 cm³/mol. The summed E-state index contributed by atoms with van der Waals surface area (Å²) >= 11 is 3.16. The molecule has 0 aliphatic rings. The van der Waals surface area contributed by atoms with Crippen LogP contribution in [0.25, 0.3) is 11.3 Å². The van der Waals surface area contributed by atoms with E-state index < -0.39 is 12.6 Å². The zero-order valence-corrected chi connectivity index (χ0v) is 11.1. The van der Waals surface area contributed by atoms with Crippen LogP contribution in [0.15, 0.2) is 35.1 Å². The molecule has 18 heavy (non-hydrogen) atoms. The number of alkyl halides is 3. The first-order chi connectivity index (χ1) is 8.38. The predicted octanol–water partition coefficient (Wildman–Crippen LogP) is 3.95. The molecular formula is C12H10BrF3N2. The Morgan fingerprint density at radius 3 is 2.39 bits per heavy atom. The summed E-state index contributed by atoms with van der Waals surface area (Å²) in [6.07, 6.45) is -5.30. The van der Waals surface area contributed by atoms with Gasteiger partial charge in [0.1, 0.15) is 0 Å². The number of hydrogen-bond acceptors (Lipinski definition) is 1. The average Bonchev–Trinajstić information content (AvgIpc) is 2.53. The number of halogens is 4. The number of benzene rings is 1. The van der Waals surface area contributed by atoms with Gasteiger partial charge in [0, 0.05) is 12.6 Å². The molecule has 1 aromatic heterocycles. The first-order valence-electron chi connectivity index (χ1n) is 5.22. The van der Waals surface area contributed by atoms with Gasteiger partial charge in [0.25, 0.3) is 0 Å². The van der Waals surface area contributed by atoms with Crippen molar-refractivity contribution in [1.82, 2.24) is 9.55 Å². The highest BCUT2D eigenvalue weighted by Crippen LogP contribution is 2.31. The SMILES string of the molecule is Cn1c(Br)nc(CC(F)(F)F)c1-c1ccccc1. The van der Waals surface area contributed by atoms with Gasteiger partial charge < -0.3 is 4.57 Å². The molecule has 1 heterocycles. The number of aromatic nitrogens is 2. The lowest BCUT2D eigenvalue weighted by Crippen LogP contribution is -2.12. The van der Waals surface area contributed by atoms with E-state index in [1.807, 2.05) is 6.07 Å². The molecule has 0 radical (unpaired) electrons. The molecule has 6 heteroatoms. The van der Waals surface area contributed by atoms with Crippen LogP contribution in [0.3, 0.4) is 0 Å². The first kappa shape index (κ1) is 13.1. The van der Waals surface area contributed by atoms with Gasteiger partial charge in [0.15, 0.2) is 4.73 Å². The van der Waals surface area contributed by atoms with Crippen molar-refractivity contribution in [2.75, 3.05) is 0 Å². The lowest BCUT2D eigenvalue weighted by Gasteiger charge is -2.08. The van der Waals surface area contributed by atoms with Gasteiger partial charge in [-0.05, 0) is 15.9 Å². The van der Waals surface area contributed by atoms with E-state index >= 15 is 0 Å². The summed E-state index contributed by atoms with van der Waals surface area (Å²) in [5.41, 5.74) is 1.24. The molecule has 96 valence electrons. The van der Waals surface area contributed by atoms with Gasteiger partial charge >= 0.3 is 6.18 Å². The Kier molecular flexibility index (Phi) is 3.47. The van der Waals surface area contributed by atoms with Crippen LogP contribution in [0.4, 0.5) is 13.2 Å². The normalized spacial score (nSPS) is 11.8. The molecule has 1 aromatic carbocycles. The lowest BCUT2D eigenvalue weighted by atomic mass is 10.1. The van der Waals surface area contributed by atoms with Crippen LogP contribution in [-0.2, 0) is 13.5 Å². The molecule has 0 saturated carbocycles. The third kappa shape index (κ3) is 2.75. The quantitative estimate of drug-likeness (QED) is 0.819. The van der Waals surface area contributed by atoms with Crippen molar-refractivity contribution in [1.29, 1.82) is 0 Å². The van der Waals surface area contributed by atoms with Crippen molar-refractivity contribution >= 4 is 15.9 Å². The number of hydrogen-bond donors (Lipinski definition) is 0. The average molecular weight is 319 g/mol. The summed E-state index contributed by atoms with van der Waals surface area (Å²) in [4.78, 5) is 3.93. The van der Waals surface area contributed by atoms with Crippen molar-refractivity contribution in [3.63, 3.8) is 0 Å². The van der Waals surface area contributed by atoms with E-state index in [0.29, 0.717) is 10.4 Å². The highest BCUT2D eigenvalue weighted by Gasteiger charge is 2.31. The van der Waals surface area contributed by atoms with E-state index in [0.717, 1.165) is 5.56 Å². The zero-order valence-electron chi connectivity index (χ0n) is 9.50. The summed E-state index contributed by atoms with van der Waals surface area (Å²) < 4.78 is 39.5. The molecule has 2 nitrogen and oxygen atoms in total. The van der Waals surface area contributed by atoms with Gasteiger partial charge in [-0.15, -0.1) is 0 Å². The fourth-order valence-corrected chi connectivity index (χ4v) is 2.19. The Morgan fingerprint density at radius 2 is 1.83 bits per heavy atom. The summed E-state index contributed by atoms with van der Waals surface area (Å²) in [5, 5.41) is 0. The largest absolute Gasteiger partial charge is 0.394 e. The zero-order chi connectivity index (χ0) is 13.3. The summed E-state index contributed by atoms with van der Waals surface area (Å²) in [6, 6.07) is 8.92. The Morgan fingerprint density at radius 1 is 1.22 bits per heavy atom. The molecule has 0 unspecified atom stereocenters. The number of rotatable bonds is 2. The molecule has 0 spiro atoms. The Balaban J connectivity index is 2.52. The Labute approximate surface area is 111 Å². The van der Waals surface area contributed by atoms with E-state index in [9.17, 15) is 13.2 Å². The highest BCUT2D eigenvalue weighted by molar-refractivity contribution is 9.10. The molecule has 2 aromatic rings. The fraction of sp³-hybridized carbons (Fsp3) is 0.250. The van der Waals surface area contributed by atoms with Gasteiger partial charge in [-0.3, -0.25) is 0 Å². The monoisotopic (exact) mass is 318 g/mol. The highest BCUT2D eigenvalue weighted by atomic mass is 79.9. The number of nitrogens with zero attached hydrogens (tertiary/aromatic N) is 2. The second kappa shape index (κ2) is 4.76. The minimum absolute atomic E-state index is 0.0306. The van der Waals surface area contributed by atoms with Gasteiger partial charge in [0.05, 0.1) is 17.8 Å². The molecule has 2 rings (SSSR count). The molecule has 0 bridgehead atoms. The van der Waals surface area contributed by atoms with Gasteiger partial charge in [0.2, 0.25) is 0 Å². The van der Waals surface area contributed by atoms with Crippen LogP contribution in [-0.4, -0.2) is 15.7 Å². The maximum Gasteiger partial charge on any atom is 0.394 e. The van der Waals surface area contributed by atoms with Crippen LogP contribution in [0.2, 0.25) is 0 Å². The van der Waals surface area contributed by atoms with E-state index in [-0.39, 0.29) is 5.69 Å².